The molecule has 0 saturated carbocycles. The van der Waals surface area contributed by atoms with Gasteiger partial charge in [0.2, 0.25) is 5.13 Å². The number of halogens is 1. The van der Waals surface area contributed by atoms with Gasteiger partial charge in [-0.05, 0) is 24.3 Å². The molecular formula is C12H9FN4S3. The molecule has 4 nitrogen and oxygen atoms in total. The summed E-state index contributed by atoms with van der Waals surface area (Å²) in [5.74, 6) is 0.474. The molecule has 2 N–H and O–H groups in total. The van der Waals surface area contributed by atoms with Gasteiger partial charge in [0, 0.05) is 16.7 Å². The maximum absolute atomic E-state index is 12.9. The van der Waals surface area contributed by atoms with E-state index < -0.39 is 0 Å². The van der Waals surface area contributed by atoms with Gasteiger partial charge in [0.25, 0.3) is 0 Å². The number of rotatable bonds is 4. The van der Waals surface area contributed by atoms with Crippen molar-refractivity contribution >= 4 is 39.6 Å². The van der Waals surface area contributed by atoms with Crippen molar-refractivity contribution in [3.05, 3.63) is 41.2 Å². The maximum atomic E-state index is 12.9. The number of benzene rings is 1. The van der Waals surface area contributed by atoms with Crippen molar-refractivity contribution < 1.29 is 4.39 Å². The Kier molecular flexibility index (Phi) is 3.95. The minimum atomic E-state index is -0.241. The SMILES string of the molecule is Nc1nnc(SCc2csc(-c3ccc(F)cc3)n2)s1. The molecule has 0 unspecified atom stereocenters. The molecule has 0 aliphatic rings. The number of aromatic nitrogens is 3. The van der Waals surface area contributed by atoms with Gasteiger partial charge in [0.15, 0.2) is 4.34 Å². The summed E-state index contributed by atoms with van der Waals surface area (Å²) in [5.41, 5.74) is 7.42. The molecule has 8 heteroatoms. The Bertz CT molecular complexity index is 708. The molecule has 3 rings (SSSR count). The Morgan fingerprint density at radius 3 is 2.70 bits per heavy atom. The van der Waals surface area contributed by atoms with E-state index in [2.05, 4.69) is 15.2 Å². The molecule has 0 aliphatic carbocycles. The second-order valence-electron chi connectivity index (χ2n) is 3.85. The summed E-state index contributed by atoms with van der Waals surface area (Å²) >= 11 is 4.46. The van der Waals surface area contributed by atoms with Crippen LogP contribution in [0.4, 0.5) is 9.52 Å². The van der Waals surface area contributed by atoms with Crippen LogP contribution in [0.3, 0.4) is 0 Å². The Morgan fingerprint density at radius 1 is 1.20 bits per heavy atom. The summed E-state index contributed by atoms with van der Waals surface area (Å²) in [6, 6.07) is 6.34. The van der Waals surface area contributed by atoms with E-state index in [1.807, 2.05) is 5.38 Å². The molecule has 0 spiro atoms. The molecule has 0 radical (unpaired) electrons. The molecular weight excluding hydrogens is 315 g/mol. The van der Waals surface area contributed by atoms with Crippen molar-refractivity contribution in [3.8, 4) is 10.6 Å². The quantitative estimate of drug-likeness (QED) is 0.742. The van der Waals surface area contributed by atoms with Crippen LogP contribution >= 0.6 is 34.4 Å². The van der Waals surface area contributed by atoms with E-state index in [9.17, 15) is 4.39 Å². The molecule has 3 aromatic rings. The van der Waals surface area contributed by atoms with Crippen LogP contribution in [0.2, 0.25) is 0 Å². The summed E-state index contributed by atoms with van der Waals surface area (Å²) in [7, 11) is 0. The third-order valence-electron chi connectivity index (χ3n) is 2.41. The highest BCUT2D eigenvalue weighted by atomic mass is 32.2. The number of thiazole rings is 1. The Hall–Kier alpha value is -1.51. The van der Waals surface area contributed by atoms with Crippen molar-refractivity contribution in [2.24, 2.45) is 0 Å². The van der Waals surface area contributed by atoms with Gasteiger partial charge >= 0.3 is 0 Å². The summed E-state index contributed by atoms with van der Waals surface area (Å²) in [4.78, 5) is 4.53. The number of hydrogen-bond donors (Lipinski definition) is 1. The van der Waals surface area contributed by atoms with Crippen molar-refractivity contribution in [2.45, 2.75) is 10.1 Å². The standard InChI is InChI=1S/C12H9FN4S3/c13-8-3-1-7(2-4-8)10-15-9(5-18-10)6-19-12-17-16-11(14)20-12/h1-5H,6H2,(H2,14,16). The van der Waals surface area contributed by atoms with E-state index in [0.29, 0.717) is 10.9 Å². The molecule has 0 amide bonds. The van der Waals surface area contributed by atoms with Crippen LogP contribution in [0.1, 0.15) is 5.69 Å². The molecule has 0 aliphatic heterocycles. The highest BCUT2D eigenvalue weighted by molar-refractivity contribution is 8.00. The largest absolute Gasteiger partial charge is 0.374 e. The number of nitrogen functional groups attached to an aromatic ring is 1. The van der Waals surface area contributed by atoms with Crippen LogP contribution in [0, 0.1) is 5.82 Å². The minimum absolute atomic E-state index is 0.241. The first kappa shape index (κ1) is 13.5. The lowest BCUT2D eigenvalue weighted by atomic mass is 10.2. The number of anilines is 1. The molecule has 20 heavy (non-hydrogen) atoms. The highest BCUT2D eigenvalue weighted by Crippen LogP contribution is 2.29. The minimum Gasteiger partial charge on any atom is -0.374 e. The average Bonchev–Trinajstić information content (AvgIpc) is 3.06. The third-order valence-corrected chi connectivity index (χ3v) is 5.27. The summed E-state index contributed by atoms with van der Waals surface area (Å²) in [6.45, 7) is 0. The molecule has 0 saturated heterocycles. The van der Waals surface area contributed by atoms with Crippen LogP contribution in [0.25, 0.3) is 10.6 Å². The van der Waals surface area contributed by atoms with E-state index >= 15 is 0 Å². The smallest absolute Gasteiger partial charge is 0.203 e. The van der Waals surface area contributed by atoms with E-state index in [1.165, 1.54) is 23.5 Å². The van der Waals surface area contributed by atoms with E-state index in [4.69, 9.17) is 5.73 Å². The topological polar surface area (TPSA) is 64.7 Å². The predicted molar refractivity (Wildman–Crippen MR) is 81.4 cm³/mol. The second-order valence-corrected chi connectivity index (χ2v) is 6.94. The van der Waals surface area contributed by atoms with Crippen LogP contribution in [0.5, 0.6) is 0 Å². The van der Waals surface area contributed by atoms with Crippen molar-refractivity contribution in [1.29, 1.82) is 0 Å². The molecule has 1 aromatic carbocycles. The summed E-state index contributed by atoms with van der Waals surface area (Å²) in [6.07, 6.45) is 0. The van der Waals surface area contributed by atoms with Gasteiger partial charge in [-0.25, -0.2) is 9.37 Å². The number of thioether (sulfide) groups is 1. The van der Waals surface area contributed by atoms with Gasteiger partial charge in [0.05, 0.1) is 5.69 Å². The number of nitrogens with two attached hydrogens (primary N) is 1. The van der Waals surface area contributed by atoms with Crippen LogP contribution in [-0.4, -0.2) is 15.2 Å². The Balaban J connectivity index is 1.69. The fourth-order valence-electron chi connectivity index (χ4n) is 1.51. The van der Waals surface area contributed by atoms with Gasteiger partial charge in [-0.1, -0.05) is 23.1 Å². The Morgan fingerprint density at radius 2 is 2.00 bits per heavy atom. The normalized spacial score (nSPS) is 10.8. The van der Waals surface area contributed by atoms with Crippen LogP contribution in [-0.2, 0) is 5.75 Å². The highest BCUT2D eigenvalue weighted by Gasteiger charge is 2.07. The second kappa shape index (κ2) is 5.86. The van der Waals surface area contributed by atoms with E-state index in [1.54, 1.807) is 35.2 Å². The zero-order valence-electron chi connectivity index (χ0n) is 10.1. The average molecular weight is 324 g/mol. The molecule has 2 aromatic heterocycles. The van der Waals surface area contributed by atoms with Crippen LogP contribution in [0.15, 0.2) is 34.0 Å². The summed E-state index contributed by atoms with van der Waals surface area (Å²) < 4.78 is 13.7. The van der Waals surface area contributed by atoms with Gasteiger partial charge in [-0.2, -0.15) is 0 Å². The molecule has 102 valence electrons. The lowest BCUT2D eigenvalue weighted by Crippen LogP contribution is -1.82. The zero-order chi connectivity index (χ0) is 13.9. The van der Waals surface area contributed by atoms with E-state index in [-0.39, 0.29) is 5.82 Å². The number of hydrogen-bond acceptors (Lipinski definition) is 7. The van der Waals surface area contributed by atoms with Gasteiger partial charge < -0.3 is 5.73 Å². The van der Waals surface area contributed by atoms with Crippen molar-refractivity contribution in [2.75, 3.05) is 5.73 Å². The molecule has 2 heterocycles. The lowest BCUT2D eigenvalue weighted by Gasteiger charge is -1.95. The summed E-state index contributed by atoms with van der Waals surface area (Å²) in [5, 5.41) is 11.1. The molecule has 0 atom stereocenters. The predicted octanol–water partition coefficient (Wildman–Crippen LogP) is 3.68. The molecule has 0 fully saturated rings. The van der Waals surface area contributed by atoms with Crippen LogP contribution < -0.4 is 5.73 Å². The fourth-order valence-corrected chi connectivity index (χ4v) is 3.97. The molecule has 0 bridgehead atoms. The fraction of sp³-hybridized carbons (Fsp3) is 0.0833. The first-order valence-corrected chi connectivity index (χ1v) is 8.31. The monoisotopic (exact) mass is 324 g/mol. The number of nitrogens with zero attached hydrogens (tertiary/aromatic N) is 3. The van der Waals surface area contributed by atoms with Gasteiger partial charge in [-0.15, -0.1) is 21.5 Å². The Labute approximate surface area is 126 Å². The van der Waals surface area contributed by atoms with Crippen molar-refractivity contribution in [1.82, 2.24) is 15.2 Å². The maximum Gasteiger partial charge on any atom is 0.203 e. The zero-order valence-corrected chi connectivity index (χ0v) is 12.6. The third kappa shape index (κ3) is 3.14. The van der Waals surface area contributed by atoms with Gasteiger partial charge in [0.1, 0.15) is 10.8 Å². The van der Waals surface area contributed by atoms with Crippen molar-refractivity contribution in [3.63, 3.8) is 0 Å². The van der Waals surface area contributed by atoms with E-state index in [0.717, 1.165) is 20.6 Å². The first-order valence-electron chi connectivity index (χ1n) is 5.63. The van der Waals surface area contributed by atoms with Gasteiger partial charge in [-0.3, -0.25) is 0 Å². The lowest BCUT2D eigenvalue weighted by molar-refractivity contribution is 0.628. The first-order chi connectivity index (χ1) is 9.70.